The van der Waals surface area contributed by atoms with Gasteiger partial charge in [0.25, 0.3) is 0 Å². The van der Waals surface area contributed by atoms with E-state index in [9.17, 15) is 0 Å². The summed E-state index contributed by atoms with van der Waals surface area (Å²) in [6.07, 6.45) is 1.95. The van der Waals surface area contributed by atoms with Crippen LogP contribution < -0.4 is 11.5 Å². The van der Waals surface area contributed by atoms with Crippen LogP contribution in [0.4, 0.5) is 11.4 Å². The van der Waals surface area contributed by atoms with Crippen molar-refractivity contribution in [2.75, 3.05) is 25.2 Å². The molecule has 0 fully saturated rings. The predicted molar refractivity (Wildman–Crippen MR) is 77.9 cm³/mol. The van der Waals surface area contributed by atoms with Gasteiger partial charge in [-0.05, 0) is 35.0 Å². The van der Waals surface area contributed by atoms with Crippen LogP contribution in [-0.2, 0) is 4.74 Å². The van der Waals surface area contributed by atoms with E-state index < -0.39 is 0 Å². The van der Waals surface area contributed by atoms with Crippen molar-refractivity contribution in [3.63, 3.8) is 0 Å². The molecular weight excluding hydrogens is 256 g/mol. The second kappa shape index (κ2) is 6.33. The van der Waals surface area contributed by atoms with E-state index in [0.29, 0.717) is 23.8 Å². The lowest BCUT2D eigenvalue weighted by atomic mass is 10.1. The van der Waals surface area contributed by atoms with Crippen molar-refractivity contribution in [2.45, 2.75) is 25.8 Å². The average molecular weight is 276 g/mol. The molecule has 2 rings (SSSR count). The van der Waals surface area contributed by atoms with E-state index in [1.165, 1.54) is 0 Å². The second-order valence-corrected chi connectivity index (χ2v) is 4.69. The third kappa shape index (κ3) is 2.88. The molecule has 0 saturated carbocycles. The summed E-state index contributed by atoms with van der Waals surface area (Å²) in [6, 6.07) is 5.42. The zero-order chi connectivity index (χ0) is 14.5. The summed E-state index contributed by atoms with van der Waals surface area (Å²) in [4.78, 5) is 0. The minimum Gasteiger partial charge on any atom is -0.399 e. The van der Waals surface area contributed by atoms with E-state index in [-0.39, 0.29) is 6.04 Å². The molecule has 1 aromatic carbocycles. The van der Waals surface area contributed by atoms with E-state index in [2.05, 4.69) is 22.4 Å². The van der Waals surface area contributed by atoms with Crippen molar-refractivity contribution in [3.05, 3.63) is 18.2 Å². The molecule has 1 heterocycles. The van der Waals surface area contributed by atoms with Crippen molar-refractivity contribution in [2.24, 2.45) is 0 Å². The van der Waals surface area contributed by atoms with E-state index in [1.54, 1.807) is 23.9 Å². The maximum atomic E-state index is 6.01. The highest BCUT2D eigenvalue weighted by Crippen LogP contribution is 2.28. The topological polar surface area (TPSA) is 105 Å². The van der Waals surface area contributed by atoms with Crippen molar-refractivity contribution in [1.82, 2.24) is 20.2 Å². The number of benzene rings is 1. The molecule has 1 atom stereocenters. The van der Waals surface area contributed by atoms with Gasteiger partial charge in [0.2, 0.25) is 0 Å². The van der Waals surface area contributed by atoms with Crippen LogP contribution in [0.15, 0.2) is 18.2 Å². The van der Waals surface area contributed by atoms with Crippen LogP contribution in [-0.4, -0.2) is 33.9 Å². The van der Waals surface area contributed by atoms with E-state index in [0.717, 1.165) is 18.4 Å². The van der Waals surface area contributed by atoms with Crippen molar-refractivity contribution in [3.8, 4) is 11.4 Å². The molecule has 2 aromatic rings. The zero-order valence-corrected chi connectivity index (χ0v) is 11.8. The molecule has 0 bridgehead atoms. The van der Waals surface area contributed by atoms with E-state index in [4.69, 9.17) is 16.2 Å². The fourth-order valence-electron chi connectivity index (χ4n) is 2.20. The maximum Gasteiger partial charge on any atom is 0.184 e. The smallest absolute Gasteiger partial charge is 0.184 e. The Kier molecular flexibility index (Phi) is 4.52. The minimum absolute atomic E-state index is 0.0898. The van der Waals surface area contributed by atoms with Gasteiger partial charge in [-0.25, -0.2) is 4.68 Å². The van der Waals surface area contributed by atoms with Gasteiger partial charge in [0.05, 0.1) is 12.6 Å². The van der Waals surface area contributed by atoms with Crippen LogP contribution >= 0.6 is 0 Å². The first kappa shape index (κ1) is 14.3. The Morgan fingerprint density at radius 1 is 1.35 bits per heavy atom. The third-order valence-corrected chi connectivity index (χ3v) is 3.14. The van der Waals surface area contributed by atoms with Gasteiger partial charge in [-0.15, -0.1) is 5.10 Å². The summed E-state index contributed by atoms with van der Waals surface area (Å²) < 4.78 is 7.03. The molecule has 4 N–H and O–H groups in total. The van der Waals surface area contributed by atoms with Crippen LogP contribution in [0.3, 0.4) is 0 Å². The van der Waals surface area contributed by atoms with E-state index in [1.807, 2.05) is 6.07 Å². The second-order valence-electron chi connectivity index (χ2n) is 4.69. The van der Waals surface area contributed by atoms with Crippen molar-refractivity contribution in [1.29, 1.82) is 0 Å². The number of nitrogen functional groups attached to an aromatic ring is 2. The Balaban J connectivity index is 2.40. The largest absolute Gasteiger partial charge is 0.399 e. The van der Waals surface area contributed by atoms with Gasteiger partial charge in [0, 0.05) is 24.0 Å². The Bertz CT molecular complexity index is 562. The molecule has 0 amide bonds. The minimum atomic E-state index is 0.0898. The lowest BCUT2D eigenvalue weighted by Crippen LogP contribution is -2.17. The summed E-state index contributed by atoms with van der Waals surface area (Å²) in [5.74, 6) is 0.637. The summed E-state index contributed by atoms with van der Waals surface area (Å²) in [7, 11) is 1.67. The van der Waals surface area contributed by atoms with Crippen LogP contribution in [0.5, 0.6) is 0 Å². The molecule has 1 aromatic heterocycles. The number of methoxy groups -OCH3 is 1. The number of hydrogen-bond acceptors (Lipinski definition) is 6. The lowest BCUT2D eigenvalue weighted by molar-refractivity contribution is 0.144. The van der Waals surface area contributed by atoms with Gasteiger partial charge < -0.3 is 16.2 Å². The molecule has 0 radical (unpaired) electrons. The first-order valence-corrected chi connectivity index (χ1v) is 6.59. The average Bonchev–Trinajstić information content (AvgIpc) is 2.87. The first-order chi connectivity index (χ1) is 9.67. The summed E-state index contributed by atoms with van der Waals surface area (Å²) in [5.41, 5.74) is 13.7. The van der Waals surface area contributed by atoms with Crippen molar-refractivity contribution >= 4 is 11.4 Å². The molecule has 0 aliphatic rings. The van der Waals surface area contributed by atoms with Gasteiger partial charge in [-0.1, -0.05) is 13.3 Å². The molecule has 0 saturated heterocycles. The molecular formula is C13H20N6O. The number of aromatic nitrogens is 4. The Hall–Kier alpha value is -2.15. The number of nitrogens with two attached hydrogens (primary N) is 2. The van der Waals surface area contributed by atoms with Gasteiger partial charge in [-0.3, -0.25) is 0 Å². The van der Waals surface area contributed by atoms with Gasteiger partial charge in [-0.2, -0.15) is 0 Å². The number of rotatable bonds is 6. The van der Waals surface area contributed by atoms with Crippen molar-refractivity contribution < 1.29 is 4.74 Å². The first-order valence-electron chi connectivity index (χ1n) is 6.59. The van der Waals surface area contributed by atoms with Crippen LogP contribution in [0, 0.1) is 0 Å². The molecule has 108 valence electrons. The summed E-state index contributed by atoms with van der Waals surface area (Å²) in [6.45, 7) is 2.67. The molecule has 7 heteroatoms. The highest BCUT2D eigenvalue weighted by atomic mass is 16.5. The van der Waals surface area contributed by atoms with Crippen LogP contribution in [0.1, 0.15) is 25.8 Å². The SMILES string of the molecule is CCCC(COC)n1nnnc1-c1ccc(N)cc1N. The van der Waals surface area contributed by atoms with Crippen LogP contribution in [0.25, 0.3) is 11.4 Å². The predicted octanol–water partition coefficient (Wildman–Crippen LogP) is 1.49. The fourth-order valence-corrected chi connectivity index (χ4v) is 2.20. The standard InChI is InChI=1S/C13H20N6O/c1-3-4-10(8-20-2)19-13(16-17-18-19)11-6-5-9(14)7-12(11)15/h5-7,10H,3-4,8,14-15H2,1-2H3. The lowest BCUT2D eigenvalue weighted by Gasteiger charge is -2.17. The highest BCUT2D eigenvalue weighted by Gasteiger charge is 2.19. The maximum absolute atomic E-state index is 6.01. The highest BCUT2D eigenvalue weighted by molar-refractivity contribution is 5.74. The molecule has 0 aliphatic heterocycles. The Morgan fingerprint density at radius 2 is 2.15 bits per heavy atom. The van der Waals surface area contributed by atoms with Gasteiger partial charge >= 0.3 is 0 Å². The molecule has 0 spiro atoms. The summed E-state index contributed by atoms with van der Waals surface area (Å²) >= 11 is 0. The monoisotopic (exact) mass is 276 g/mol. The molecule has 7 nitrogen and oxygen atoms in total. The number of tetrazole rings is 1. The quantitative estimate of drug-likeness (QED) is 0.774. The normalized spacial score (nSPS) is 12.5. The number of nitrogens with zero attached hydrogens (tertiary/aromatic N) is 4. The van der Waals surface area contributed by atoms with Gasteiger partial charge in [0.15, 0.2) is 5.82 Å². The number of hydrogen-bond donors (Lipinski definition) is 2. The fraction of sp³-hybridized carbons (Fsp3) is 0.462. The van der Waals surface area contributed by atoms with Crippen LogP contribution in [0.2, 0.25) is 0 Å². The number of ether oxygens (including phenoxy) is 1. The molecule has 20 heavy (non-hydrogen) atoms. The molecule has 1 unspecified atom stereocenters. The Labute approximate surface area is 117 Å². The zero-order valence-electron chi connectivity index (χ0n) is 11.8. The summed E-state index contributed by atoms with van der Waals surface area (Å²) in [5, 5.41) is 11.9. The Morgan fingerprint density at radius 3 is 2.80 bits per heavy atom. The third-order valence-electron chi connectivity index (χ3n) is 3.14. The molecule has 0 aliphatic carbocycles. The number of anilines is 2. The van der Waals surface area contributed by atoms with Gasteiger partial charge in [0.1, 0.15) is 0 Å². The van der Waals surface area contributed by atoms with E-state index >= 15 is 0 Å².